The van der Waals surface area contributed by atoms with Crippen LogP contribution in [0.3, 0.4) is 0 Å². The van der Waals surface area contributed by atoms with E-state index in [-0.39, 0.29) is 4.90 Å². The number of benzene rings is 1. The topological polar surface area (TPSA) is 86.9 Å². The maximum Gasteiger partial charge on any atom is 0.244 e. The fraction of sp³-hybridized carbons (Fsp3) is 0.308. The molecule has 1 atom stereocenters. The van der Waals surface area contributed by atoms with E-state index in [0.29, 0.717) is 17.7 Å². The molecule has 2 aromatic rings. The zero-order chi connectivity index (χ0) is 15.5. The molecule has 114 valence electrons. The van der Waals surface area contributed by atoms with Crippen LogP contribution in [0.1, 0.15) is 24.1 Å². The Bertz CT molecular complexity index is 701. The van der Waals surface area contributed by atoms with Gasteiger partial charge in [0.25, 0.3) is 0 Å². The third-order valence-electron chi connectivity index (χ3n) is 3.02. The molecule has 0 aliphatic carbocycles. The molecule has 1 unspecified atom stereocenters. The van der Waals surface area contributed by atoms with Gasteiger partial charge in [-0.15, -0.1) is 0 Å². The number of hydrogen-bond acceptors (Lipinski definition) is 4. The lowest BCUT2D eigenvalue weighted by Gasteiger charge is -2.14. The lowest BCUT2D eigenvalue weighted by Crippen LogP contribution is -2.27. The highest BCUT2D eigenvalue weighted by molar-refractivity contribution is 7.89. The molecule has 0 amide bonds. The van der Waals surface area contributed by atoms with Crippen LogP contribution in [-0.2, 0) is 16.6 Å². The van der Waals surface area contributed by atoms with Gasteiger partial charge >= 0.3 is 0 Å². The Hall–Kier alpha value is -1.77. The Morgan fingerprint density at radius 2 is 2.19 bits per heavy atom. The Balaban J connectivity index is 2.28. The monoisotopic (exact) mass is 312 g/mol. The van der Waals surface area contributed by atoms with Gasteiger partial charge in [0.2, 0.25) is 10.0 Å². The molecule has 0 saturated heterocycles. The second-order valence-electron chi connectivity index (χ2n) is 4.67. The molecule has 1 aromatic carbocycles. The predicted octanol–water partition coefficient (Wildman–Crippen LogP) is 1.31. The van der Waals surface area contributed by atoms with Crippen molar-refractivity contribution in [2.24, 2.45) is 0 Å². The van der Waals surface area contributed by atoms with Gasteiger partial charge in [0.05, 0.1) is 6.20 Å². The van der Waals surface area contributed by atoms with Crippen LogP contribution < -0.4 is 10.0 Å². The van der Waals surface area contributed by atoms with Crippen LogP contribution in [0, 0.1) is 5.82 Å². The number of nitrogens with one attached hydrogen (secondary N) is 3. The third kappa shape index (κ3) is 3.66. The molecule has 0 spiro atoms. The normalized spacial score (nSPS) is 13.3. The molecule has 3 N–H and O–H groups in total. The molecule has 0 aliphatic rings. The van der Waals surface area contributed by atoms with Gasteiger partial charge in [-0.1, -0.05) is 6.07 Å². The number of H-pyrrole nitrogens is 1. The average molecular weight is 312 g/mol. The molecule has 0 bridgehead atoms. The maximum absolute atomic E-state index is 13.8. The van der Waals surface area contributed by atoms with Crippen LogP contribution in [0.25, 0.3) is 0 Å². The summed E-state index contributed by atoms with van der Waals surface area (Å²) in [5.74, 6) is -0.776. The Morgan fingerprint density at radius 3 is 2.81 bits per heavy atom. The van der Waals surface area contributed by atoms with Crippen molar-refractivity contribution < 1.29 is 12.8 Å². The van der Waals surface area contributed by atoms with Gasteiger partial charge in [-0.05, 0) is 31.7 Å². The van der Waals surface area contributed by atoms with Gasteiger partial charge < -0.3 is 5.32 Å². The standard InChI is InChI=1S/C13H17FN4O2S/c1-9(11-7-16-17-8-11)18-21(19,20)13-5-10(6-15-2)3-4-12(13)14/h3-5,7-9,15,18H,6H2,1-2H3,(H,16,17). The number of nitrogens with zero attached hydrogens (tertiary/aromatic N) is 1. The molecule has 8 heteroatoms. The van der Waals surface area contributed by atoms with Crippen molar-refractivity contribution in [1.29, 1.82) is 0 Å². The second-order valence-corrected chi connectivity index (χ2v) is 6.35. The summed E-state index contributed by atoms with van der Waals surface area (Å²) in [6, 6.07) is 3.52. The fourth-order valence-electron chi connectivity index (χ4n) is 1.93. The Labute approximate surface area is 122 Å². The van der Waals surface area contributed by atoms with E-state index in [1.54, 1.807) is 26.2 Å². The molecule has 2 rings (SSSR count). The first-order valence-electron chi connectivity index (χ1n) is 6.38. The van der Waals surface area contributed by atoms with Crippen LogP contribution in [-0.4, -0.2) is 25.7 Å². The van der Waals surface area contributed by atoms with Crippen LogP contribution in [0.4, 0.5) is 4.39 Å². The van der Waals surface area contributed by atoms with Crippen molar-refractivity contribution >= 4 is 10.0 Å². The van der Waals surface area contributed by atoms with E-state index in [2.05, 4.69) is 20.2 Å². The zero-order valence-corrected chi connectivity index (χ0v) is 12.5. The fourth-order valence-corrected chi connectivity index (χ4v) is 3.29. The van der Waals surface area contributed by atoms with E-state index in [1.807, 2.05) is 0 Å². The van der Waals surface area contributed by atoms with Crippen molar-refractivity contribution in [2.75, 3.05) is 7.05 Å². The minimum Gasteiger partial charge on any atom is -0.316 e. The molecule has 0 aliphatic heterocycles. The van der Waals surface area contributed by atoms with Crippen LogP contribution in [0.15, 0.2) is 35.5 Å². The minimum absolute atomic E-state index is 0.356. The lowest BCUT2D eigenvalue weighted by atomic mass is 10.2. The predicted molar refractivity (Wildman–Crippen MR) is 76.5 cm³/mol. The van der Waals surface area contributed by atoms with Crippen molar-refractivity contribution in [3.63, 3.8) is 0 Å². The van der Waals surface area contributed by atoms with Gasteiger partial charge in [-0.25, -0.2) is 17.5 Å². The molecule has 21 heavy (non-hydrogen) atoms. The summed E-state index contributed by atoms with van der Waals surface area (Å²) in [5, 5.41) is 9.26. The van der Waals surface area contributed by atoms with Crippen molar-refractivity contribution in [3.05, 3.63) is 47.5 Å². The number of halogens is 1. The smallest absolute Gasteiger partial charge is 0.244 e. The van der Waals surface area contributed by atoms with Crippen LogP contribution >= 0.6 is 0 Å². The van der Waals surface area contributed by atoms with E-state index in [4.69, 9.17) is 0 Å². The highest BCUT2D eigenvalue weighted by Crippen LogP contribution is 2.20. The summed E-state index contributed by atoms with van der Waals surface area (Å²) in [6.07, 6.45) is 3.10. The summed E-state index contributed by atoms with van der Waals surface area (Å²) < 4.78 is 40.9. The number of aromatic amines is 1. The van der Waals surface area contributed by atoms with E-state index in [1.165, 1.54) is 12.3 Å². The van der Waals surface area contributed by atoms with Gasteiger partial charge in [-0.2, -0.15) is 5.10 Å². The van der Waals surface area contributed by atoms with Gasteiger partial charge in [0.1, 0.15) is 10.7 Å². The number of sulfonamides is 1. The quantitative estimate of drug-likeness (QED) is 0.750. The molecular weight excluding hydrogens is 295 g/mol. The minimum atomic E-state index is -3.95. The molecular formula is C13H17FN4O2S. The first kappa shape index (κ1) is 15.6. The zero-order valence-electron chi connectivity index (χ0n) is 11.7. The van der Waals surface area contributed by atoms with Crippen molar-refractivity contribution in [2.45, 2.75) is 24.4 Å². The molecule has 1 aromatic heterocycles. The molecule has 1 heterocycles. The number of hydrogen-bond donors (Lipinski definition) is 3. The van der Waals surface area contributed by atoms with Gasteiger partial charge in [0, 0.05) is 24.3 Å². The summed E-state index contributed by atoms with van der Waals surface area (Å²) in [6.45, 7) is 2.12. The largest absolute Gasteiger partial charge is 0.316 e. The molecule has 0 radical (unpaired) electrons. The summed E-state index contributed by atoms with van der Waals surface area (Å²) in [5.41, 5.74) is 1.36. The first-order chi connectivity index (χ1) is 9.94. The summed E-state index contributed by atoms with van der Waals surface area (Å²) in [4.78, 5) is -0.356. The van der Waals surface area contributed by atoms with E-state index < -0.39 is 21.9 Å². The first-order valence-corrected chi connectivity index (χ1v) is 7.86. The third-order valence-corrected chi connectivity index (χ3v) is 4.57. The van der Waals surface area contributed by atoms with Crippen molar-refractivity contribution in [1.82, 2.24) is 20.2 Å². The highest BCUT2D eigenvalue weighted by atomic mass is 32.2. The molecule has 0 fully saturated rings. The molecule has 6 nitrogen and oxygen atoms in total. The average Bonchev–Trinajstić information content (AvgIpc) is 2.94. The second kappa shape index (κ2) is 6.33. The Kier molecular flexibility index (Phi) is 4.71. The SMILES string of the molecule is CNCc1ccc(F)c(S(=O)(=O)NC(C)c2cn[nH]c2)c1. The Morgan fingerprint density at radius 1 is 1.43 bits per heavy atom. The number of aromatic nitrogens is 2. The highest BCUT2D eigenvalue weighted by Gasteiger charge is 2.22. The molecule has 0 saturated carbocycles. The van der Waals surface area contributed by atoms with Crippen LogP contribution in [0.5, 0.6) is 0 Å². The van der Waals surface area contributed by atoms with E-state index >= 15 is 0 Å². The summed E-state index contributed by atoms with van der Waals surface area (Å²) >= 11 is 0. The lowest BCUT2D eigenvalue weighted by molar-refractivity contribution is 0.546. The summed E-state index contributed by atoms with van der Waals surface area (Å²) in [7, 11) is -2.22. The van der Waals surface area contributed by atoms with Crippen LogP contribution in [0.2, 0.25) is 0 Å². The van der Waals surface area contributed by atoms with Gasteiger partial charge in [-0.3, -0.25) is 5.10 Å². The van der Waals surface area contributed by atoms with E-state index in [9.17, 15) is 12.8 Å². The van der Waals surface area contributed by atoms with Gasteiger partial charge in [0.15, 0.2) is 0 Å². The maximum atomic E-state index is 13.8. The number of rotatable bonds is 6. The van der Waals surface area contributed by atoms with E-state index in [0.717, 1.165) is 6.07 Å². The van der Waals surface area contributed by atoms with Crippen molar-refractivity contribution in [3.8, 4) is 0 Å².